The van der Waals surface area contributed by atoms with E-state index < -0.39 is 0 Å². The van der Waals surface area contributed by atoms with E-state index in [9.17, 15) is 0 Å². The predicted molar refractivity (Wildman–Crippen MR) is 90.0 cm³/mol. The highest BCUT2D eigenvalue weighted by Crippen LogP contribution is 2.48. The number of methoxy groups -OCH3 is 1. The van der Waals surface area contributed by atoms with Crippen molar-refractivity contribution in [2.24, 2.45) is 0 Å². The van der Waals surface area contributed by atoms with E-state index in [1.165, 1.54) is 5.56 Å². The van der Waals surface area contributed by atoms with Crippen LogP contribution in [0, 0.1) is 0 Å². The summed E-state index contributed by atoms with van der Waals surface area (Å²) >= 11 is 6.47. The molecular weight excluding hydrogens is 298 g/mol. The molecule has 1 aromatic rings. The van der Waals surface area contributed by atoms with Gasteiger partial charge in [0.25, 0.3) is 0 Å². The van der Waals surface area contributed by atoms with E-state index in [1.807, 2.05) is 19.9 Å². The lowest BCUT2D eigenvalue weighted by Gasteiger charge is -2.38. The molecule has 1 aliphatic carbocycles. The molecule has 0 radical (unpaired) electrons. The number of hydrogen-bond donors (Lipinski definition) is 1. The van der Waals surface area contributed by atoms with Gasteiger partial charge < -0.3 is 14.8 Å². The minimum Gasteiger partial charge on any atom is -0.493 e. The zero-order valence-corrected chi connectivity index (χ0v) is 14.2. The number of allylic oxidation sites excluding steroid dienone is 1. The lowest BCUT2D eigenvalue weighted by Crippen LogP contribution is -2.42. The van der Waals surface area contributed by atoms with Gasteiger partial charge in [-0.2, -0.15) is 0 Å². The zero-order chi connectivity index (χ0) is 15.7. The van der Waals surface area contributed by atoms with Crippen molar-refractivity contribution in [3.63, 3.8) is 0 Å². The minimum atomic E-state index is 0.0788. The van der Waals surface area contributed by atoms with Gasteiger partial charge in [0, 0.05) is 10.4 Å². The van der Waals surface area contributed by atoms with Gasteiger partial charge in [-0.15, -0.1) is 0 Å². The maximum Gasteiger partial charge on any atom is 0.161 e. The topological polar surface area (TPSA) is 30.5 Å². The van der Waals surface area contributed by atoms with E-state index in [-0.39, 0.29) is 17.6 Å². The molecule has 0 unspecified atom stereocenters. The summed E-state index contributed by atoms with van der Waals surface area (Å²) in [5.41, 5.74) is 1.37. The van der Waals surface area contributed by atoms with Gasteiger partial charge in [-0.1, -0.05) is 23.7 Å². The number of benzene rings is 1. The first-order valence-corrected chi connectivity index (χ1v) is 8.39. The van der Waals surface area contributed by atoms with Crippen LogP contribution in [0.2, 0.25) is 0 Å². The van der Waals surface area contributed by atoms with Crippen molar-refractivity contribution in [3.8, 4) is 11.5 Å². The van der Waals surface area contributed by atoms with Crippen LogP contribution in [0.15, 0.2) is 29.3 Å². The molecule has 120 valence electrons. The second-order valence-corrected chi connectivity index (χ2v) is 6.89. The summed E-state index contributed by atoms with van der Waals surface area (Å²) in [6.07, 6.45) is 5.54. The van der Waals surface area contributed by atoms with Crippen LogP contribution in [0.4, 0.5) is 0 Å². The SMILES string of the molecule is COc1cc([C@@]23CCC=C(Cl)[C@@H]2NCC3)ccc1OC(C)C. The molecule has 4 heteroatoms. The number of halogens is 1. The van der Waals surface area contributed by atoms with E-state index in [2.05, 4.69) is 23.5 Å². The highest BCUT2D eigenvalue weighted by atomic mass is 35.5. The van der Waals surface area contributed by atoms with Gasteiger partial charge >= 0.3 is 0 Å². The molecule has 1 heterocycles. The van der Waals surface area contributed by atoms with Gasteiger partial charge in [0.1, 0.15) is 0 Å². The van der Waals surface area contributed by atoms with Gasteiger partial charge in [0.15, 0.2) is 11.5 Å². The largest absolute Gasteiger partial charge is 0.493 e. The second kappa shape index (κ2) is 6.13. The third-order valence-corrected chi connectivity index (χ3v) is 5.15. The first-order valence-electron chi connectivity index (χ1n) is 8.01. The van der Waals surface area contributed by atoms with Crippen LogP contribution in [0.1, 0.15) is 38.7 Å². The van der Waals surface area contributed by atoms with Gasteiger partial charge in [0.2, 0.25) is 0 Å². The molecular formula is C18H24ClNO2. The molecule has 1 saturated heterocycles. The van der Waals surface area contributed by atoms with E-state index in [0.717, 1.165) is 42.3 Å². The maximum atomic E-state index is 6.47. The Morgan fingerprint density at radius 1 is 1.27 bits per heavy atom. The van der Waals surface area contributed by atoms with Gasteiger partial charge in [-0.3, -0.25) is 0 Å². The number of rotatable bonds is 4. The molecule has 1 aliphatic heterocycles. The van der Waals surface area contributed by atoms with Gasteiger partial charge in [-0.05, 0) is 57.4 Å². The zero-order valence-electron chi connectivity index (χ0n) is 13.5. The minimum absolute atomic E-state index is 0.0788. The van der Waals surface area contributed by atoms with Crippen LogP contribution in [0.25, 0.3) is 0 Å². The van der Waals surface area contributed by atoms with Crippen LogP contribution < -0.4 is 14.8 Å². The molecule has 2 atom stereocenters. The fourth-order valence-corrected chi connectivity index (χ4v) is 4.17. The second-order valence-electron chi connectivity index (χ2n) is 6.45. The van der Waals surface area contributed by atoms with Crippen molar-refractivity contribution >= 4 is 11.6 Å². The van der Waals surface area contributed by atoms with Crippen LogP contribution >= 0.6 is 11.6 Å². The number of hydrogen-bond acceptors (Lipinski definition) is 3. The average Bonchev–Trinajstić information content (AvgIpc) is 2.93. The highest BCUT2D eigenvalue weighted by molar-refractivity contribution is 6.30. The Bertz CT molecular complexity index is 584. The fourth-order valence-electron chi connectivity index (χ4n) is 3.78. The van der Waals surface area contributed by atoms with Gasteiger partial charge in [0.05, 0.1) is 19.3 Å². The first-order chi connectivity index (χ1) is 10.6. The van der Waals surface area contributed by atoms with Crippen LogP contribution in [0.3, 0.4) is 0 Å². The normalized spacial score (nSPS) is 27.5. The van der Waals surface area contributed by atoms with Crippen LogP contribution in [-0.2, 0) is 5.41 Å². The highest BCUT2D eigenvalue weighted by Gasteiger charge is 2.47. The van der Waals surface area contributed by atoms with Crippen molar-refractivity contribution in [1.82, 2.24) is 5.32 Å². The van der Waals surface area contributed by atoms with Gasteiger partial charge in [-0.25, -0.2) is 0 Å². The summed E-state index contributed by atoms with van der Waals surface area (Å²) in [4.78, 5) is 0. The lowest BCUT2D eigenvalue weighted by atomic mass is 9.68. The first kappa shape index (κ1) is 15.7. The molecule has 0 amide bonds. The summed E-state index contributed by atoms with van der Waals surface area (Å²) in [6.45, 7) is 5.05. The molecule has 0 aromatic heterocycles. The smallest absolute Gasteiger partial charge is 0.161 e. The molecule has 1 aromatic carbocycles. The third-order valence-electron chi connectivity index (χ3n) is 4.78. The Balaban J connectivity index is 1.99. The van der Waals surface area contributed by atoms with Crippen LogP contribution in [-0.4, -0.2) is 25.8 Å². The summed E-state index contributed by atoms with van der Waals surface area (Å²) in [7, 11) is 1.70. The summed E-state index contributed by atoms with van der Waals surface area (Å²) in [5, 5.41) is 4.51. The quantitative estimate of drug-likeness (QED) is 0.909. The Morgan fingerprint density at radius 3 is 2.82 bits per heavy atom. The third kappa shape index (κ3) is 2.61. The molecule has 3 rings (SSSR count). The Labute approximate surface area is 137 Å². The molecule has 0 spiro atoms. The van der Waals surface area contributed by atoms with Crippen molar-refractivity contribution in [3.05, 3.63) is 34.9 Å². The maximum absolute atomic E-state index is 6.47. The molecule has 3 nitrogen and oxygen atoms in total. The van der Waals surface area contributed by atoms with Crippen molar-refractivity contribution in [2.45, 2.75) is 50.7 Å². The lowest BCUT2D eigenvalue weighted by molar-refractivity contribution is 0.229. The summed E-state index contributed by atoms with van der Waals surface area (Å²) in [5.74, 6) is 1.61. The summed E-state index contributed by atoms with van der Waals surface area (Å²) in [6, 6.07) is 6.57. The molecule has 0 bridgehead atoms. The Morgan fingerprint density at radius 2 is 2.09 bits per heavy atom. The van der Waals surface area contributed by atoms with E-state index in [1.54, 1.807) is 7.11 Å². The van der Waals surface area contributed by atoms with Crippen molar-refractivity contribution in [2.75, 3.05) is 13.7 Å². The summed E-state index contributed by atoms with van der Waals surface area (Å²) < 4.78 is 11.4. The molecule has 1 fully saturated rings. The molecule has 2 aliphatic rings. The standard InChI is InChI=1S/C18H24ClNO2/c1-12(2)22-15-7-6-13(11-16(15)21-3)18-8-4-5-14(19)17(18)20-10-9-18/h5-7,11-12,17,20H,4,8-10H2,1-3H3/t17-,18-/m0/s1. The van der Waals surface area contributed by atoms with E-state index >= 15 is 0 Å². The van der Waals surface area contributed by atoms with E-state index in [4.69, 9.17) is 21.1 Å². The molecule has 22 heavy (non-hydrogen) atoms. The number of ether oxygens (including phenoxy) is 2. The van der Waals surface area contributed by atoms with Crippen molar-refractivity contribution in [1.29, 1.82) is 0 Å². The Kier molecular flexibility index (Phi) is 4.37. The molecule has 0 saturated carbocycles. The molecule has 1 N–H and O–H groups in total. The fraction of sp³-hybridized carbons (Fsp3) is 0.556. The Hall–Kier alpha value is -1.19. The van der Waals surface area contributed by atoms with E-state index in [0.29, 0.717) is 0 Å². The van der Waals surface area contributed by atoms with Crippen molar-refractivity contribution < 1.29 is 9.47 Å². The van der Waals surface area contributed by atoms with Crippen LogP contribution in [0.5, 0.6) is 11.5 Å². The number of nitrogens with one attached hydrogen (secondary N) is 1. The number of fused-ring (bicyclic) bond motifs is 1. The average molecular weight is 322 g/mol. The monoisotopic (exact) mass is 321 g/mol. The predicted octanol–water partition coefficient (Wildman–Crippen LogP) is 4.00.